The Labute approximate surface area is 153 Å². The maximum absolute atomic E-state index is 10.3. The average Bonchev–Trinajstić information content (AvgIpc) is 2.98. The highest BCUT2D eigenvalue weighted by Crippen LogP contribution is 2.33. The summed E-state index contributed by atoms with van der Waals surface area (Å²) in [5.41, 5.74) is 1.90. The van der Waals surface area contributed by atoms with E-state index in [4.69, 9.17) is 9.07 Å². The highest BCUT2D eigenvalue weighted by molar-refractivity contribution is 6.51. The molecular weight excluding hydrogens is 325 g/mol. The summed E-state index contributed by atoms with van der Waals surface area (Å²) in [7, 11) is 0.361. The van der Waals surface area contributed by atoms with Crippen LogP contribution in [-0.4, -0.2) is 28.8 Å². The number of aliphatic hydroxyl groups is 1. The molecule has 0 aliphatic rings. The number of para-hydroxylation sites is 1. The summed E-state index contributed by atoms with van der Waals surface area (Å²) in [5.74, 6) is 0. The summed E-state index contributed by atoms with van der Waals surface area (Å²) in [6.07, 6.45) is 1.80. The summed E-state index contributed by atoms with van der Waals surface area (Å²) < 4.78 is 12.2. The monoisotopic (exact) mass is 347 g/mol. The molecule has 0 atom stereocenters. The van der Waals surface area contributed by atoms with Gasteiger partial charge in [0, 0.05) is 17.0 Å². The summed E-state index contributed by atoms with van der Waals surface area (Å²) in [5, 5.41) is 13.5. The number of fused-ring (bicyclic) bond motifs is 5. The SMILES string of the molecule is CC(C)(O)C(C)(C)OBc1cccc2c1oc1ccc3cccnc3c12. The second-order valence-corrected chi connectivity index (χ2v) is 7.77. The van der Waals surface area contributed by atoms with Crippen molar-refractivity contribution in [3.05, 3.63) is 48.7 Å². The zero-order chi connectivity index (χ0) is 18.5. The van der Waals surface area contributed by atoms with Gasteiger partial charge in [0.15, 0.2) is 0 Å². The number of furan rings is 1. The first kappa shape index (κ1) is 17.1. The number of rotatable bonds is 4. The van der Waals surface area contributed by atoms with Crippen LogP contribution in [0.4, 0.5) is 0 Å². The number of hydrogen-bond acceptors (Lipinski definition) is 4. The van der Waals surface area contributed by atoms with Crippen molar-refractivity contribution in [2.45, 2.75) is 38.9 Å². The van der Waals surface area contributed by atoms with Gasteiger partial charge in [-0.25, -0.2) is 0 Å². The van der Waals surface area contributed by atoms with Gasteiger partial charge in [-0.15, -0.1) is 0 Å². The highest BCUT2D eigenvalue weighted by Gasteiger charge is 2.35. The Morgan fingerprint density at radius 3 is 2.62 bits per heavy atom. The molecule has 4 nitrogen and oxygen atoms in total. The quantitative estimate of drug-likeness (QED) is 0.572. The van der Waals surface area contributed by atoms with Gasteiger partial charge >= 0.3 is 7.48 Å². The fourth-order valence-electron chi connectivity index (χ4n) is 3.03. The zero-order valence-electron chi connectivity index (χ0n) is 15.5. The third kappa shape index (κ3) is 2.68. The van der Waals surface area contributed by atoms with E-state index in [0.717, 1.165) is 38.3 Å². The second kappa shape index (κ2) is 5.83. The van der Waals surface area contributed by atoms with Gasteiger partial charge in [0.05, 0.1) is 22.1 Å². The number of hydrogen-bond donors (Lipinski definition) is 1. The molecule has 2 aromatic heterocycles. The molecule has 0 bridgehead atoms. The molecule has 0 saturated heterocycles. The maximum atomic E-state index is 10.3. The van der Waals surface area contributed by atoms with Crippen molar-refractivity contribution in [2.75, 3.05) is 0 Å². The largest absolute Gasteiger partial charge is 0.456 e. The van der Waals surface area contributed by atoms with Gasteiger partial charge in [0.2, 0.25) is 0 Å². The fourth-order valence-corrected chi connectivity index (χ4v) is 3.03. The molecule has 2 heterocycles. The normalized spacial score (nSPS) is 13.0. The molecule has 5 heteroatoms. The topological polar surface area (TPSA) is 55.5 Å². The lowest BCUT2D eigenvalue weighted by Crippen LogP contribution is -2.49. The van der Waals surface area contributed by atoms with Crippen LogP contribution in [0.3, 0.4) is 0 Å². The lowest BCUT2D eigenvalue weighted by Gasteiger charge is -2.37. The van der Waals surface area contributed by atoms with Crippen LogP contribution in [0.5, 0.6) is 0 Å². The molecule has 1 N–H and O–H groups in total. The average molecular weight is 347 g/mol. The molecule has 0 amide bonds. The van der Waals surface area contributed by atoms with Gasteiger partial charge in [0.25, 0.3) is 0 Å². The molecule has 132 valence electrons. The van der Waals surface area contributed by atoms with Crippen LogP contribution < -0.4 is 5.46 Å². The highest BCUT2D eigenvalue weighted by atomic mass is 16.5. The van der Waals surface area contributed by atoms with Crippen LogP contribution in [0.25, 0.3) is 32.8 Å². The Kier molecular flexibility index (Phi) is 3.83. The van der Waals surface area contributed by atoms with Gasteiger partial charge in [-0.05, 0) is 51.4 Å². The molecular formula is C21H22BNO3. The van der Waals surface area contributed by atoms with E-state index in [1.165, 1.54) is 0 Å². The molecule has 2 aromatic carbocycles. The summed E-state index contributed by atoms with van der Waals surface area (Å²) in [4.78, 5) is 4.55. The molecule has 0 saturated carbocycles. The Morgan fingerprint density at radius 2 is 1.85 bits per heavy atom. The van der Waals surface area contributed by atoms with Crippen LogP contribution in [0.2, 0.25) is 0 Å². The van der Waals surface area contributed by atoms with Gasteiger partial charge < -0.3 is 14.2 Å². The van der Waals surface area contributed by atoms with Crippen LogP contribution in [0.1, 0.15) is 27.7 Å². The van der Waals surface area contributed by atoms with Gasteiger partial charge in [-0.1, -0.05) is 24.3 Å². The summed E-state index contributed by atoms with van der Waals surface area (Å²) >= 11 is 0. The third-order valence-corrected chi connectivity index (χ3v) is 5.38. The molecule has 0 unspecified atom stereocenters. The van der Waals surface area contributed by atoms with Gasteiger partial charge in [-0.2, -0.15) is 0 Å². The van der Waals surface area contributed by atoms with E-state index in [-0.39, 0.29) is 0 Å². The predicted molar refractivity (Wildman–Crippen MR) is 107 cm³/mol. The summed E-state index contributed by atoms with van der Waals surface area (Å²) in [6, 6.07) is 14.1. The lowest BCUT2D eigenvalue weighted by molar-refractivity contribution is -0.0893. The Hall–Kier alpha value is -2.37. The Balaban J connectivity index is 1.84. The van der Waals surface area contributed by atoms with E-state index in [1.807, 2.05) is 44.2 Å². The van der Waals surface area contributed by atoms with E-state index < -0.39 is 11.2 Å². The van der Waals surface area contributed by atoms with E-state index in [1.54, 1.807) is 20.0 Å². The molecule has 0 radical (unpaired) electrons. The van der Waals surface area contributed by atoms with Crippen molar-refractivity contribution in [1.82, 2.24) is 4.98 Å². The number of benzene rings is 2. The maximum Gasteiger partial charge on any atom is 0.313 e. The molecule has 0 spiro atoms. The first-order valence-electron chi connectivity index (χ1n) is 8.82. The van der Waals surface area contributed by atoms with Gasteiger partial charge in [-0.3, -0.25) is 4.98 Å². The van der Waals surface area contributed by atoms with Crippen molar-refractivity contribution >= 4 is 45.8 Å². The minimum Gasteiger partial charge on any atom is -0.456 e. The minimum absolute atomic E-state index is 0.361. The smallest absolute Gasteiger partial charge is 0.313 e. The summed E-state index contributed by atoms with van der Waals surface area (Å²) in [6.45, 7) is 7.30. The van der Waals surface area contributed by atoms with Crippen molar-refractivity contribution in [3.8, 4) is 0 Å². The van der Waals surface area contributed by atoms with Crippen LogP contribution in [-0.2, 0) is 4.65 Å². The second-order valence-electron chi connectivity index (χ2n) is 7.77. The van der Waals surface area contributed by atoms with E-state index in [2.05, 4.69) is 17.1 Å². The van der Waals surface area contributed by atoms with Crippen LogP contribution in [0.15, 0.2) is 53.1 Å². The standard InChI is InChI=1S/C21H22BNO3/c1-20(2,24)21(3,4)26-22-15-9-5-8-14-17-16(25-19(14)15)11-10-13-7-6-12-23-18(13)17/h5-12,22,24H,1-4H3. The molecule has 4 aromatic rings. The lowest BCUT2D eigenvalue weighted by atomic mass is 9.82. The van der Waals surface area contributed by atoms with Crippen molar-refractivity contribution in [2.24, 2.45) is 0 Å². The van der Waals surface area contributed by atoms with Crippen LogP contribution in [0, 0.1) is 0 Å². The number of aromatic nitrogens is 1. The first-order chi connectivity index (χ1) is 12.3. The minimum atomic E-state index is -0.950. The van der Waals surface area contributed by atoms with Crippen molar-refractivity contribution in [1.29, 1.82) is 0 Å². The zero-order valence-corrected chi connectivity index (χ0v) is 15.5. The number of pyridine rings is 1. The van der Waals surface area contributed by atoms with Crippen molar-refractivity contribution in [3.63, 3.8) is 0 Å². The van der Waals surface area contributed by atoms with E-state index >= 15 is 0 Å². The van der Waals surface area contributed by atoms with E-state index in [9.17, 15) is 5.11 Å². The Bertz CT molecular complexity index is 1110. The van der Waals surface area contributed by atoms with E-state index in [0.29, 0.717) is 7.48 Å². The molecule has 0 aliphatic carbocycles. The van der Waals surface area contributed by atoms with Gasteiger partial charge in [0.1, 0.15) is 11.2 Å². The molecule has 0 aliphatic heterocycles. The molecule has 0 fully saturated rings. The fraction of sp³-hybridized carbons (Fsp3) is 0.286. The third-order valence-electron chi connectivity index (χ3n) is 5.38. The molecule has 26 heavy (non-hydrogen) atoms. The van der Waals surface area contributed by atoms with Crippen molar-refractivity contribution < 1.29 is 14.2 Å². The Morgan fingerprint density at radius 1 is 1.04 bits per heavy atom. The molecule has 4 rings (SSSR count). The number of nitrogens with zero attached hydrogens (tertiary/aromatic N) is 1. The van der Waals surface area contributed by atoms with Crippen LogP contribution >= 0.6 is 0 Å². The predicted octanol–water partition coefficient (Wildman–Crippen LogP) is 3.68. The first-order valence-corrected chi connectivity index (χ1v) is 8.82.